The SMILES string of the molecule is CN(C)CCCOP(=O)(OCC1OC(n2cnc3c(=O)[nH]c(N)nc32)C(O[Si](C)(C)C(C)(C)C)C1OP(=O)(OCCCN(C)C)O[PH](=O)O)O[PH](=O)O. The van der Waals surface area contributed by atoms with Crippen LogP contribution in [0, 0.1) is 0 Å². The van der Waals surface area contributed by atoms with E-state index in [0.717, 1.165) is 0 Å². The van der Waals surface area contributed by atoms with E-state index in [4.69, 9.17) is 41.6 Å². The lowest BCUT2D eigenvalue weighted by Crippen LogP contribution is -2.49. The van der Waals surface area contributed by atoms with Gasteiger partial charge in [-0.15, -0.1) is 0 Å². The fraction of sp³-hybridized carbons (Fsp3) is 0.808. The van der Waals surface area contributed by atoms with Gasteiger partial charge in [0.05, 0.1) is 26.1 Å². The van der Waals surface area contributed by atoms with Gasteiger partial charge in [0.15, 0.2) is 25.7 Å². The van der Waals surface area contributed by atoms with Crippen molar-refractivity contribution in [1.29, 1.82) is 0 Å². The minimum absolute atomic E-state index is 0.0303. The van der Waals surface area contributed by atoms with Crippen LogP contribution in [0.4, 0.5) is 5.95 Å². The predicted molar refractivity (Wildman–Crippen MR) is 197 cm³/mol. The van der Waals surface area contributed by atoms with Gasteiger partial charge in [0.2, 0.25) is 5.95 Å². The average molecular weight is 856 g/mol. The molecule has 0 aliphatic carbocycles. The number of H-pyrrole nitrogens is 1. The molecule has 27 heteroatoms. The molecule has 0 bridgehead atoms. The smallest absolute Gasteiger partial charge is 0.407 e. The molecular weight excluding hydrogens is 802 g/mol. The number of phosphoric ester groups is 2. The van der Waals surface area contributed by atoms with Gasteiger partial charge in [-0.25, -0.2) is 22.7 Å². The van der Waals surface area contributed by atoms with Gasteiger partial charge < -0.3 is 34.5 Å². The van der Waals surface area contributed by atoms with Gasteiger partial charge in [0, 0.05) is 0 Å². The standard InChI is InChI=1S/C26H53N7O15P4Si/c1-26(2,3)53(8,9)46-21-20(45-52(40,48-50(37)38)42-15-11-13-32(6)7)18(16-43-51(39,47-49(35)36)41-14-10-12-31(4)5)44-24(21)33-17-28-19-22(33)29-25(27)30-23(19)34/h17-18,20-21,24,49-50H,10-16H2,1-9H3,(H,35,36)(H,37,38)(H3,27,29,30,34). The number of fused-ring (bicyclic) bond motifs is 1. The van der Waals surface area contributed by atoms with Crippen LogP contribution in [-0.2, 0) is 54.1 Å². The van der Waals surface area contributed by atoms with E-state index in [2.05, 4.69) is 15.0 Å². The number of aromatic nitrogens is 4. The topological polar surface area (TPSA) is 279 Å². The van der Waals surface area contributed by atoms with Gasteiger partial charge in [-0.1, -0.05) is 20.8 Å². The van der Waals surface area contributed by atoms with Crippen LogP contribution in [0.15, 0.2) is 11.1 Å². The minimum Gasteiger partial charge on any atom is -0.407 e. The second kappa shape index (κ2) is 19.3. The van der Waals surface area contributed by atoms with Gasteiger partial charge in [0.25, 0.3) is 5.56 Å². The summed E-state index contributed by atoms with van der Waals surface area (Å²) in [5, 5.41) is -0.440. The highest BCUT2D eigenvalue weighted by molar-refractivity contribution is 7.56. The van der Waals surface area contributed by atoms with Crippen molar-refractivity contribution in [2.24, 2.45) is 0 Å². The first kappa shape index (κ1) is 46.2. The fourth-order valence-corrected chi connectivity index (χ4v) is 10.1. The second-order valence-electron chi connectivity index (χ2n) is 14.1. The first-order valence-corrected chi connectivity index (χ1v) is 24.8. The van der Waals surface area contributed by atoms with E-state index in [-0.39, 0.29) is 30.3 Å². The highest BCUT2D eigenvalue weighted by Crippen LogP contribution is 2.60. The van der Waals surface area contributed by atoms with E-state index in [1.807, 2.05) is 43.7 Å². The van der Waals surface area contributed by atoms with Gasteiger partial charge in [-0.05, 0) is 72.3 Å². The molecule has 2 aromatic rings. The zero-order chi connectivity index (χ0) is 39.9. The summed E-state index contributed by atoms with van der Waals surface area (Å²) >= 11 is 0. The summed E-state index contributed by atoms with van der Waals surface area (Å²) in [6, 6.07) is 0. The number of phosphoric acid groups is 2. The number of hydrogen-bond donors (Lipinski definition) is 4. The molecule has 0 amide bonds. The van der Waals surface area contributed by atoms with Gasteiger partial charge >= 0.3 is 32.2 Å². The Hall–Kier alpha value is -1.19. The molecule has 0 radical (unpaired) electrons. The summed E-state index contributed by atoms with van der Waals surface area (Å²) in [7, 11) is -13.1. The lowest BCUT2D eigenvalue weighted by Gasteiger charge is -2.40. The fourth-order valence-electron chi connectivity index (χ4n) is 4.75. The van der Waals surface area contributed by atoms with Crippen LogP contribution in [0.5, 0.6) is 0 Å². The Morgan fingerprint density at radius 2 is 1.53 bits per heavy atom. The van der Waals surface area contributed by atoms with Crippen molar-refractivity contribution in [3.63, 3.8) is 0 Å². The molecular formula is C26H53N7O15P4Si. The molecule has 0 spiro atoms. The number of nitrogens with zero attached hydrogens (tertiary/aromatic N) is 5. The number of imidazole rings is 1. The van der Waals surface area contributed by atoms with Crippen LogP contribution in [0.25, 0.3) is 11.2 Å². The lowest BCUT2D eigenvalue weighted by molar-refractivity contribution is -0.0497. The number of ether oxygens (including phenoxy) is 1. The summed E-state index contributed by atoms with van der Waals surface area (Å²) in [4.78, 5) is 46.4. The van der Waals surface area contributed by atoms with E-state index < -0.39 is 82.2 Å². The molecule has 8 atom stereocenters. The first-order chi connectivity index (χ1) is 24.5. The van der Waals surface area contributed by atoms with Crippen molar-refractivity contribution < 1.29 is 63.9 Å². The van der Waals surface area contributed by atoms with E-state index in [0.29, 0.717) is 25.9 Å². The molecule has 2 aromatic heterocycles. The number of rotatable bonds is 22. The number of nitrogens with one attached hydrogen (secondary N) is 1. The number of hydrogen-bond acceptors (Lipinski definition) is 18. The maximum absolute atomic E-state index is 14.1. The molecule has 0 saturated carbocycles. The average Bonchev–Trinajstić information content (AvgIpc) is 3.56. The third-order valence-corrected chi connectivity index (χ3v) is 17.7. The minimum atomic E-state index is -4.92. The van der Waals surface area contributed by atoms with Crippen molar-refractivity contribution in [1.82, 2.24) is 29.3 Å². The second-order valence-corrected chi connectivity index (χ2v) is 24.2. The summed E-state index contributed by atoms with van der Waals surface area (Å²) in [6.45, 7) is 9.50. The van der Waals surface area contributed by atoms with Crippen LogP contribution in [-0.4, -0.2) is 127 Å². The van der Waals surface area contributed by atoms with E-state index in [9.17, 15) is 32.8 Å². The van der Waals surface area contributed by atoms with Crippen LogP contribution >= 0.6 is 32.2 Å². The Morgan fingerprint density at radius 1 is 0.981 bits per heavy atom. The number of nitrogens with two attached hydrogens (primary N) is 1. The molecule has 3 heterocycles. The summed E-state index contributed by atoms with van der Waals surface area (Å²) < 4.78 is 97.9. The zero-order valence-corrected chi connectivity index (χ0v) is 36.0. The molecule has 1 saturated heterocycles. The van der Waals surface area contributed by atoms with Crippen molar-refractivity contribution in [2.45, 2.75) is 76.3 Å². The van der Waals surface area contributed by atoms with Crippen LogP contribution in [0.1, 0.15) is 39.8 Å². The van der Waals surface area contributed by atoms with E-state index in [1.54, 1.807) is 28.2 Å². The summed E-state index contributed by atoms with van der Waals surface area (Å²) in [6.07, 6.45) is -3.73. The maximum atomic E-state index is 14.1. The maximum Gasteiger partial charge on any atom is 0.482 e. The molecule has 8 unspecified atom stereocenters. The van der Waals surface area contributed by atoms with Crippen molar-refractivity contribution in [2.75, 3.05) is 66.8 Å². The van der Waals surface area contributed by atoms with Gasteiger partial charge in [-0.2, -0.15) is 4.98 Å². The lowest BCUT2D eigenvalue weighted by atomic mass is 10.1. The molecule has 1 fully saturated rings. The quantitative estimate of drug-likeness (QED) is 0.0750. The van der Waals surface area contributed by atoms with Crippen LogP contribution in [0.3, 0.4) is 0 Å². The monoisotopic (exact) mass is 855 g/mol. The Bertz CT molecular complexity index is 1720. The Balaban J connectivity index is 2.15. The highest BCUT2D eigenvalue weighted by atomic mass is 31.2. The molecule has 1 aliphatic rings. The van der Waals surface area contributed by atoms with Crippen LogP contribution in [0.2, 0.25) is 18.1 Å². The number of aromatic amines is 1. The molecule has 3 rings (SSSR count). The van der Waals surface area contributed by atoms with E-state index in [1.165, 1.54) is 10.9 Å². The Kier molecular flexibility index (Phi) is 16.8. The third-order valence-electron chi connectivity index (χ3n) is 8.27. The van der Waals surface area contributed by atoms with Crippen LogP contribution < -0.4 is 11.3 Å². The largest absolute Gasteiger partial charge is 0.482 e. The molecule has 22 nitrogen and oxygen atoms in total. The Morgan fingerprint density at radius 3 is 2.06 bits per heavy atom. The summed E-state index contributed by atoms with van der Waals surface area (Å²) in [5.41, 5.74) is 5.07. The van der Waals surface area contributed by atoms with Gasteiger partial charge in [0.1, 0.15) is 18.3 Å². The Labute approximate surface area is 310 Å². The van der Waals surface area contributed by atoms with Gasteiger partial charge in [-0.3, -0.25) is 41.6 Å². The summed E-state index contributed by atoms with van der Waals surface area (Å²) in [5.74, 6) is -0.238. The van der Waals surface area contributed by atoms with Crippen molar-refractivity contribution in [3.8, 4) is 0 Å². The first-order valence-electron chi connectivity index (χ1n) is 16.5. The molecule has 306 valence electrons. The molecule has 53 heavy (non-hydrogen) atoms. The number of anilines is 1. The predicted octanol–water partition coefficient (Wildman–Crippen LogP) is 3.34. The van der Waals surface area contributed by atoms with Crippen molar-refractivity contribution >= 4 is 57.6 Å². The zero-order valence-electron chi connectivity index (χ0n) is 31.2. The molecule has 0 aromatic carbocycles. The highest BCUT2D eigenvalue weighted by Gasteiger charge is 2.55. The normalized spacial score (nSPS) is 23.4. The molecule has 1 aliphatic heterocycles. The third kappa shape index (κ3) is 13.5. The van der Waals surface area contributed by atoms with Crippen molar-refractivity contribution in [3.05, 3.63) is 16.7 Å². The molecule has 5 N–H and O–H groups in total. The van der Waals surface area contributed by atoms with E-state index >= 15 is 0 Å². The number of nitrogen functional groups attached to an aromatic ring is 1.